The van der Waals surface area contributed by atoms with Crippen LogP contribution >= 0.6 is 15.9 Å². The van der Waals surface area contributed by atoms with Crippen molar-refractivity contribution in [3.63, 3.8) is 0 Å². The van der Waals surface area contributed by atoms with Gasteiger partial charge in [-0.05, 0) is 30.5 Å². The summed E-state index contributed by atoms with van der Waals surface area (Å²) < 4.78 is 24.2. The predicted octanol–water partition coefficient (Wildman–Crippen LogP) is 3.28. The summed E-state index contributed by atoms with van der Waals surface area (Å²) in [6.45, 7) is 1.40. The largest absolute Gasteiger partial charge is 0.488 e. The third kappa shape index (κ3) is 3.19. The van der Waals surface area contributed by atoms with Crippen LogP contribution in [0.2, 0.25) is 0 Å². The zero-order valence-corrected chi connectivity index (χ0v) is 10.5. The topological polar surface area (TPSA) is 18.5 Å². The molecule has 0 saturated carbocycles. The molecular weight excluding hydrogens is 275 g/mol. The summed E-state index contributed by atoms with van der Waals surface area (Å²) in [5, 5.41) is 0.627. The molecule has 1 aromatic rings. The maximum Gasteiger partial charge on any atom is 0.127 e. The lowest BCUT2D eigenvalue weighted by Gasteiger charge is -2.23. The van der Waals surface area contributed by atoms with Crippen molar-refractivity contribution in [2.75, 3.05) is 13.2 Å². The Balaban J connectivity index is 2.04. The second-order valence-electron chi connectivity index (χ2n) is 3.89. The van der Waals surface area contributed by atoms with Gasteiger partial charge in [0.1, 0.15) is 17.7 Å². The van der Waals surface area contributed by atoms with Crippen molar-refractivity contribution in [1.29, 1.82) is 0 Å². The van der Waals surface area contributed by atoms with Crippen LogP contribution in [0.3, 0.4) is 0 Å². The van der Waals surface area contributed by atoms with Gasteiger partial charge < -0.3 is 9.47 Å². The molecule has 1 atom stereocenters. The van der Waals surface area contributed by atoms with Crippen molar-refractivity contribution in [1.82, 2.24) is 0 Å². The lowest BCUT2D eigenvalue weighted by molar-refractivity contribution is 0.00729. The summed E-state index contributed by atoms with van der Waals surface area (Å²) in [6.07, 6.45) is 2.03. The number of ether oxygens (including phenoxy) is 2. The molecule has 1 saturated heterocycles. The molecule has 0 amide bonds. The van der Waals surface area contributed by atoms with Gasteiger partial charge >= 0.3 is 0 Å². The summed E-state index contributed by atoms with van der Waals surface area (Å²) >= 11 is 3.30. The van der Waals surface area contributed by atoms with Gasteiger partial charge in [-0.2, -0.15) is 0 Å². The van der Waals surface area contributed by atoms with E-state index in [9.17, 15) is 4.39 Å². The smallest absolute Gasteiger partial charge is 0.127 e. The van der Waals surface area contributed by atoms with Crippen LogP contribution in [-0.4, -0.2) is 19.3 Å². The van der Waals surface area contributed by atoms with Gasteiger partial charge in [0.2, 0.25) is 0 Å². The lowest BCUT2D eigenvalue weighted by atomic mass is 10.1. The van der Waals surface area contributed by atoms with Gasteiger partial charge in [-0.3, -0.25) is 0 Å². The molecule has 1 fully saturated rings. The molecule has 16 heavy (non-hydrogen) atoms. The molecule has 1 unspecified atom stereocenters. The van der Waals surface area contributed by atoms with E-state index in [2.05, 4.69) is 15.9 Å². The Kier molecular flexibility index (Phi) is 4.18. The summed E-state index contributed by atoms with van der Waals surface area (Å²) in [5.74, 6) is 0.327. The van der Waals surface area contributed by atoms with Gasteiger partial charge in [0.25, 0.3) is 0 Å². The summed E-state index contributed by atoms with van der Waals surface area (Å²) in [7, 11) is 0. The number of alkyl halides is 1. The van der Waals surface area contributed by atoms with Crippen LogP contribution in [0.25, 0.3) is 0 Å². The van der Waals surface area contributed by atoms with Crippen molar-refractivity contribution in [3.8, 4) is 5.75 Å². The van der Waals surface area contributed by atoms with Crippen LogP contribution in [0.5, 0.6) is 5.75 Å². The fourth-order valence-corrected chi connectivity index (χ4v) is 2.09. The van der Waals surface area contributed by atoms with E-state index in [1.165, 1.54) is 12.1 Å². The van der Waals surface area contributed by atoms with E-state index in [1.807, 2.05) is 6.07 Å². The number of halogens is 2. The SMILES string of the molecule is Fc1cc(CBr)cc(OC2CCCOC2)c1. The number of hydrogen-bond donors (Lipinski definition) is 0. The van der Waals surface area contributed by atoms with Crippen LogP contribution in [0, 0.1) is 5.82 Å². The number of rotatable bonds is 3. The van der Waals surface area contributed by atoms with Crippen molar-refractivity contribution >= 4 is 15.9 Å². The van der Waals surface area contributed by atoms with Crippen molar-refractivity contribution in [2.24, 2.45) is 0 Å². The molecule has 0 radical (unpaired) electrons. The van der Waals surface area contributed by atoms with E-state index >= 15 is 0 Å². The molecule has 1 aliphatic heterocycles. The summed E-state index contributed by atoms with van der Waals surface area (Å²) in [6, 6.07) is 4.77. The highest BCUT2D eigenvalue weighted by Gasteiger charge is 2.15. The zero-order chi connectivity index (χ0) is 11.4. The van der Waals surface area contributed by atoms with Crippen LogP contribution in [0.15, 0.2) is 18.2 Å². The van der Waals surface area contributed by atoms with Gasteiger partial charge in [-0.1, -0.05) is 15.9 Å². The Morgan fingerprint density at radius 1 is 1.44 bits per heavy atom. The Morgan fingerprint density at radius 2 is 2.31 bits per heavy atom. The average molecular weight is 289 g/mol. The van der Waals surface area contributed by atoms with Crippen LogP contribution < -0.4 is 4.74 Å². The lowest BCUT2D eigenvalue weighted by Crippen LogP contribution is -2.28. The van der Waals surface area contributed by atoms with Gasteiger partial charge in [-0.25, -0.2) is 4.39 Å². The minimum atomic E-state index is -0.260. The van der Waals surface area contributed by atoms with E-state index in [0.29, 0.717) is 17.7 Å². The number of hydrogen-bond acceptors (Lipinski definition) is 2. The summed E-state index contributed by atoms with van der Waals surface area (Å²) in [4.78, 5) is 0. The van der Waals surface area contributed by atoms with Crippen molar-refractivity contribution < 1.29 is 13.9 Å². The Bertz CT molecular complexity index is 351. The Morgan fingerprint density at radius 3 is 3.00 bits per heavy atom. The Hall–Kier alpha value is -0.610. The maximum absolute atomic E-state index is 13.2. The van der Waals surface area contributed by atoms with E-state index in [-0.39, 0.29) is 11.9 Å². The van der Waals surface area contributed by atoms with Gasteiger partial charge in [0.05, 0.1) is 6.61 Å². The minimum Gasteiger partial charge on any atom is -0.488 e. The fourth-order valence-electron chi connectivity index (χ4n) is 1.76. The molecule has 4 heteroatoms. The molecule has 2 rings (SSSR count). The second-order valence-corrected chi connectivity index (χ2v) is 4.45. The molecule has 2 nitrogen and oxygen atoms in total. The predicted molar refractivity (Wildman–Crippen MR) is 63.5 cm³/mol. The highest BCUT2D eigenvalue weighted by molar-refractivity contribution is 9.08. The molecule has 0 N–H and O–H groups in total. The first-order chi connectivity index (χ1) is 7.78. The highest BCUT2D eigenvalue weighted by Crippen LogP contribution is 2.21. The quantitative estimate of drug-likeness (QED) is 0.795. The van der Waals surface area contributed by atoms with Crippen LogP contribution in [0.4, 0.5) is 4.39 Å². The van der Waals surface area contributed by atoms with E-state index in [4.69, 9.17) is 9.47 Å². The van der Waals surface area contributed by atoms with E-state index in [0.717, 1.165) is 25.0 Å². The molecule has 0 bridgehead atoms. The van der Waals surface area contributed by atoms with Gasteiger partial charge in [-0.15, -0.1) is 0 Å². The second kappa shape index (κ2) is 5.64. The molecule has 1 aliphatic rings. The first-order valence-corrected chi connectivity index (χ1v) is 6.50. The van der Waals surface area contributed by atoms with Crippen molar-refractivity contribution in [3.05, 3.63) is 29.6 Å². The standard InChI is InChI=1S/C12H14BrFO2/c13-7-9-4-10(14)6-12(5-9)16-11-2-1-3-15-8-11/h4-6,11H,1-3,7-8H2. The average Bonchev–Trinajstić information content (AvgIpc) is 2.29. The van der Waals surface area contributed by atoms with E-state index in [1.54, 1.807) is 0 Å². The van der Waals surface area contributed by atoms with Crippen molar-refractivity contribution in [2.45, 2.75) is 24.3 Å². The molecular formula is C12H14BrFO2. The minimum absolute atomic E-state index is 0.0544. The molecule has 1 aromatic carbocycles. The third-order valence-electron chi connectivity index (χ3n) is 2.51. The zero-order valence-electron chi connectivity index (χ0n) is 8.92. The maximum atomic E-state index is 13.2. The third-order valence-corrected chi connectivity index (χ3v) is 3.15. The molecule has 1 heterocycles. The molecule has 0 aliphatic carbocycles. The summed E-state index contributed by atoms with van der Waals surface area (Å²) in [5.41, 5.74) is 0.881. The van der Waals surface area contributed by atoms with Crippen LogP contribution in [-0.2, 0) is 10.1 Å². The van der Waals surface area contributed by atoms with Crippen LogP contribution in [0.1, 0.15) is 18.4 Å². The molecule has 88 valence electrons. The fraction of sp³-hybridized carbons (Fsp3) is 0.500. The first kappa shape index (κ1) is 11.9. The Labute approximate surface area is 103 Å². The highest BCUT2D eigenvalue weighted by atomic mass is 79.9. The monoisotopic (exact) mass is 288 g/mol. The first-order valence-electron chi connectivity index (χ1n) is 5.38. The number of benzene rings is 1. The normalized spacial score (nSPS) is 20.8. The van der Waals surface area contributed by atoms with Gasteiger partial charge in [0.15, 0.2) is 0 Å². The van der Waals surface area contributed by atoms with E-state index < -0.39 is 0 Å². The van der Waals surface area contributed by atoms with Gasteiger partial charge in [0, 0.05) is 18.0 Å². The molecule has 0 aromatic heterocycles. The molecule has 0 spiro atoms.